The molecule has 1 aromatic carbocycles. The Balaban J connectivity index is 2.52. The van der Waals surface area contributed by atoms with Crippen LogP contribution in [0, 0.1) is 6.92 Å². The van der Waals surface area contributed by atoms with Crippen LogP contribution >= 0.6 is 0 Å². The summed E-state index contributed by atoms with van der Waals surface area (Å²) in [5.74, 6) is 1.58. The van der Waals surface area contributed by atoms with Gasteiger partial charge in [-0.2, -0.15) is 4.68 Å². The number of benzene rings is 1. The van der Waals surface area contributed by atoms with E-state index in [1.165, 1.54) is 5.56 Å². The summed E-state index contributed by atoms with van der Waals surface area (Å²) in [5.41, 5.74) is 2.13. The molecule has 1 heterocycles. The summed E-state index contributed by atoms with van der Waals surface area (Å²) in [5, 5.41) is 11.4. The van der Waals surface area contributed by atoms with E-state index in [1.54, 1.807) is 11.8 Å². The highest BCUT2D eigenvalue weighted by molar-refractivity contribution is 5.43. The maximum atomic E-state index is 5.25. The molecule has 0 saturated carbocycles. The number of hydrogen-bond donors (Lipinski definition) is 0. The summed E-state index contributed by atoms with van der Waals surface area (Å²) in [7, 11) is 1.66. The minimum atomic E-state index is 0.760. The van der Waals surface area contributed by atoms with Gasteiger partial charge in [0.2, 0.25) is 0 Å². The van der Waals surface area contributed by atoms with E-state index < -0.39 is 0 Å². The van der Waals surface area contributed by atoms with Crippen molar-refractivity contribution in [2.45, 2.75) is 20.3 Å². The van der Waals surface area contributed by atoms with Crippen molar-refractivity contribution in [1.82, 2.24) is 20.2 Å². The molecule has 2 rings (SSSR count). The van der Waals surface area contributed by atoms with Crippen molar-refractivity contribution >= 4 is 0 Å². The Labute approximate surface area is 94.0 Å². The zero-order chi connectivity index (χ0) is 11.5. The second-order valence-corrected chi connectivity index (χ2v) is 3.53. The van der Waals surface area contributed by atoms with Crippen LogP contribution in [0.2, 0.25) is 0 Å². The molecule has 5 nitrogen and oxygen atoms in total. The first-order chi connectivity index (χ1) is 7.74. The van der Waals surface area contributed by atoms with E-state index in [1.807, 2.05) is 19.1 Å². The fraction of sp³-hybridized carbons (Fsp3) is 0.364. The van der Waals surface area contributed by atoms with Gasteiger partial charge in [-0.25, -0.2) is 0 Å². The van der Waals surface area contributed by atoms with Gasteiger partial charge in [0, 0.05) is 6.07 Å². The maximum absolute atomic E-state index is 5.25. The van der Waals surface area contributed by atoms with E-state index in [0.29, 0.717) is 0 Å². The van der Waals surface area contributed by atoms with Gasteiger partial charge in [0.05, 0.1) is 12.8 Å². The first-order valence-corrected chi connectivity index (χ1v) is 5.18. The lowest BCUT2D eigenvalue weighted by Gasteiger charge is -2.07. The Morgan fingerprint density at radius 2 is 2.12 bits per heavy atom. The third kappa shape index (κ3) is 1.88. The maximum Gasteiger partial charge on any atom is 0.153 e. The second-order valence-electron chi connectivity index (χ2n) is 3.53. The van der Waals surface area contributed by atoms with Crippen LogP contribution in [0.1, 0.15) is 18.3 Å². The Hall–Kier alpha value is -1.91. The summed E-state index contributed by atoms with van der Waals surface area (Å²) >= 11 is 0. The van der Waals surface area contributed by atoms with E-state index in [4.69, 9.17) is 4.74 Å². The second kappa shape index (κ2) is 4.30. The van der Waals surface area contributed by atoms with E-state index in [-0.39, 0.29) is 0 Å². The van der Waals surface area contributed by atoms with Gasteiger partial charge in [0.25, 0.3) is 0 Å². The molecule has 0 aliphatic rings. The van der Waals surface area contributed by atoms with Crippen LogP contribution in [0.5, 0.6) is 5.75 Å². The molecule has 0 saturated heterocycles. The van der Waals surface area contributed by atoms with Gasteiger partial charge < -0.3 is 4.74 Å². The molecular formula is C11H14N4O. The molecule has 0 unspecified atom stereocenters. The molecule has 0 amide bonds. The van der Waals surface area contributed by atoms with E-state index in [0.717, 1.165) is 23.7 Å². The molecule has 5 heteroatoms. The zero-order valence-corrected chi connectivity index (χ0v) is 9.64. The van der Waals surface area contributed by atoms with E-state index in [9.17, 15) is 0 Å². The molecular weight excluding hydrogens is 204 g/mol. The van der Waals surface area contributed by atoms with Crippen LogP contribution in [0.4, 0.5) is 0 Å². The highest BCUT2D eigenvalue weighted by Gasteiger charge is 2.06. The topological polar surface area (TPSA) is 52.8 Å². The van der Waals surface area contributed by atoms with Crippen molar-refractivity contribution in [2.75, 3.05) is 7.11 Å². The predicted octanol–water partition coefficient (Wildman–Crippen LogP) is 1.54. The smallest absolute Gasteiger partial charge is 0.153 e. The monoisotopic (exact) mass is 218 g/mol. The molecule has 0 radical (unpaired) electrons. The summed E-state index contributed by atoms with van der Waals surface area (Å²) in [4.78, 5) is 0. The highest BCUT2D eigenvalue weighted by Crippen LogP contribution is 2.20. The molecule has 84 valence electrons. The lowest BCUT2D eigenvalue weighted by atomic mass is 10.1. The summed E-state index contributed by atoms with van der Waals surface area (Å²) in [6.07, 6.45) is 0.950. The molecule has 0 N–H and O–H groups in total. The zero-order valence-electron chi connectivity index (χ0n) is 9.64. The number of hydrogen-bond acceptors (Lipinski definition) is 4. The van der Waals surface area contributed by atoms with Crippen molar-refractivity contribution in [3.63, 3.8) is 0 Å². The lowest BCUT2D eigenvalue weighted by molar-refractivity contribution is 0.414. The van der Waals surface area contributed by atoms with E-state index in [2.05, 4.69) is 28.5 Å². The standard InChI is InChI=1S/C11H14N4O/c1-4-9-5-10(7-11(6-9)16-3)15-8(2)12-13-14-15/h5-7H,4H2,1-3H3. The Bertz CT molecular complexity index is 470. The largest absolute Gasteiger partial charge is 0.497 e. The van der Waals surface area contributed by atoms with Crippen LogP contribution in [-0.2, 0) is 6.42 Å². The SMILES string of the molecule is CCc1cc(OC)cc(-n2nnnc2C)c1. The fourth-order valence-corrected chi connectivity index (χ4v) is 1.56. The van der Waals surface area contributed by atoms with E-state index >= 15 is 0 Å². The summed E-state index contributed by atoms with van der Waals surface area (Å²) < 4.78 is 6.95. The van der Waals surface area contributed by atoms with Gasteiger partial charge in [0.15, 0.2) is 5.82 Å². The molecule has 0 aliphatic heterocycles. The normalized spacial score (nSPS) is 10.4. The van der Waals surface area contributed by atoms with Gasteiger partial charge in [-0.15, -0.1) is 5.10 Å². The van der Waals surface area contributed by atoms with Crippen LogP contribution in [0.25, 0.3) is 5.69 Å². The number of rotatable bonds is 3. The van der Waals surface area contributed by atoms with Crippen LogP contribution < -0.4 is 4.74 Å². The third-order valence-electron chi connectivity index (χ3n) is 2.47. The number of aryl methyl sites for hydroxylation is 2. The highest BCUT2D eigenvalue weighted by atomic mass is 16.5. The van der Waals surface area contributed by atoms with Crippen LogP contribution in [0.3, 0.4) is 0 Å². The molecule has 16 heavy (non-hydrogen) atoms. The molecule has 0 aliphatic carbocycles. The minimum Gasteiger partial charge on any atom is -0.497 e. The molecule has 0 fully saturated rings. The third-order valence-corrected chi connectivity index (χ3v) is 2.47. The number of aromatic nitrogens is 4. The molecule has 1 aromatic heterocycles. The van der Waals surface area contributed by atoms with Crippen molar-refractivity contribution in [3.05, 3.63) is 29.6 Å². The van der Waals surface area contributed by atoms with Crippen molar-refractivity contribution < 1.29 is 4.74 Å². The lowest BCUT2D eigenvalue weighted by Crippen LogP contribution is -2.01. The van der Waals surface area contributed by atoms with Crippen LogP contribution in [-0.4, -0.2) is 27.3 Å². The van der Waals surface area contributed by atoms with Gasteiger partial charge in [-0.1, -0.05) is 6.92 Å². The van der Waals surface area contributed by atoms with Gasteiger partial charge >= 0.3 is 0 Å². The molecule has 0 bridgehead atoms. The summed E-state index contributed by atoms with van der Waals surface area (Å²) in [6.45, 7) is 3.97. The van der Waals surface area contributed by atoms with Gasteiger partial charge in [-0.3, -0.25) is 0 Å². The number of methoxy groups -OCH3 is 1. The van der Waals surface area contributed by atoms with Crippen molar-refractivity contribution in [1.29, 1.82) is 0 Å². The molecule has 0 spiro atoms. The first-order valence-electron chi connectivity index (χ1n) is 5.18. The molecule has 0 atom stereocenters. The average Bonchev–Trinajstić information content (AvgIpc) is 2.74. The van der Waals surface area contributed by atoms with Gasteiger partial charge in [-0.05, 0) is 41.5 Å². The Kier molecular flexibility index (Phi) is 2.85. The Morgan fingerprint density at radius 1 is 1.31 bits per heavy atom. The summed E-state index contributed by atoms with van der Waals surface area (Å²) in [6, 6.07) is 6.00. The first kappa shape index (κ1) is 10.6. The fourth-order valence-electron chi connectivity index (χ4n) is 1.56. The van der Waals surface area contributed by atoms with Crippen molar-refractivity contribution in [2.24, 2.45) is 0 Å². The average molecular weight is 218 g/mol. The number of tetrazole rings is 1. The molecule has 2 aromatic rings. The minimum absolute atomic E-state index is 0.760. The number of ether oxygens (including phenoxy) is 1. The van der Waals surface area contributed by atoms with Crippen LogP contribution in [0.15, 0.2) is 18.2 Å². The van der Waals surface area contributed by atoms with Crippen molar-refractivity contribution in [3.8, 4) is 11.4 Å². The predicted molar refractivity (Wildman–Crippen MR) is 59.8 cm³/mol. The Morgan fingerprint density at radius 3 is 2.69 bits per heavy atom. The number of nitrogens with zero attached hydrogens (tertiary/aromatic N) is 4. The quantitative estimate of drug-likeness (QED) is 0.784. The van der Waals surface area contributed by atoms with Gasteiger partial charge in [0.1, 0.15) is 5.75 Å².